The fraction of sp³-hybridized carbons (Fsp3) is 0.125. The number of carbonyl (C=O) groups excluding carboxylic acids is 2. The lowest BCUT2D eigenvalue weighted by Crippen LogP contribution is -2.30. The molecule has 0 spiro atoms. The third-order valence-corrected chi connectivity index (χ3v) is 4.09. The molecule has 1 amide bonds. The van der Waals surface area contributed by atoms with Crippen molar-refractivity contribution in [3.05, 3.63) is 59.9 Å². The molecule has 0 fully saturated rings. The first-order chi connectivity index (χ1) is 11.7. The number of anilines is 1. The molecule has 0 saturated carbocycles. The minimum atomic E-state index is -3.83. The molecule has 1 atom stereocenters. The molecule has 132 valence electrons. The average Bonchev–Trinajstić information content (AvgIpc) is 2.54. The molecular formula is C16H15FN2O5S. The van der Waals surface area contributed by atoms with Crippen molar-refractivity contribution < 1.29 is 27.1 Å². The van der Waals surface area contributed by atoms with Crippen LogP contribution in [0.3, 0.4) is 0 Å². The van der Waals surface area contributed by atoms with Gasteiger partial charge >= 0.3 is 5.97 Å². The van der Waals surface area contributed by atoms with Crippen molar-refractivity contribution in [3.63, 3.8) is 0 Å². The van der Waals surface area contributed by atoms with Crippen LogP contribution in [-0.4, -0.2) is 26.4 Å². The van der Waals surface area contributed by atoms with E-state index in [4.69, 9.17) is 9.88 Å². The van der Waals surface area contributed by atoms with Crippen molar-refractivity contribution in [2.45, 2.75) is 17.9 Å². The molecule has 0 unspecified atom stereocenters. The van der Waals surface area contributed by atoms with Crippen LogP contribution in [-0.2, 0) is 19.6 Å². The summed E-state index contributed by atoms with van der Waals surface area (Å²) in [6.45, 7) is 1.35. The van der Waals surface area contributed by atoms with Crippen molar-refractivity contribution >= 4 is 27.6 Å². The summed E-state index contributed by atoms with van der Waals surface area (Å²) in [5.74, 6) is -2.07. The normalized spacial score (nSPS) is 12.3. The molecule has 25 heavy (non-hydrogen) atoms. The zero-order valence-corrected chi connectivity index (χ0v) is 13.9. The van der Waals surface area contributed by atoms with Gasteiger partial charge in [-0.3, -0.25) is 4.79 Å². The number of ether oxygens (including phenoxy) is 1. The number of benzene rings is 2. The van der Waals surface area contributed by atoms with Gasteiger partial charge in [-0.25, -0.2) is 22.7 Å². The molecular weight excluding hydrogens is 351 g/mol. The van der Waals surface area contributed by atoms with E-state index in [-0.39, 0.29) is 10.5 Å². The van der Waals surface area contributed by atoms with Crippen molar-refractivity contribution in [2.75, 3.05) is 5.32 Å². The number of sulfonamides is 1. The molecule has 0 aliphatic carbocycles. The molecule has 9 heteroatoms. The van der Waals surface area contributed by atoms with E-state index in [1.807, 2.05) is 0 Å². The minimum Gasteiger partial charge on any atom is -0.449 e. The Morgan fingerprint density at radius 2 is 1.80 bits per heavy atom. The van der Waals surface area contributed by atoms with Crippen LogP contribution in [0.2, 0.25) is 0 Å². The topological polar surface area (TPSA) is 116 Å². The molecule has 2 aromatic carbocycles. The summed E-state index contributed by atoms with van der Waals surface area (Å²) in [5.41, 5.74) is 0.281. The van der Waals surface area contributed by atoms with Crippen LogP contribution in [0, 0.1) is 5.82 Å². The van der Waals surface area contributed by atoms with Crippen molar-refractivity contribution in [1.82, 2.24) is 0 Å². The molecule has 0 bridgehead atoms. The lowest BCUT2D eigenvalue weighted by molar-refractivity contribution is -0.123. The Morgan fingerprint density at radius 3 is 2.36 bits per heavy atom. The third-order valence-electron chi connectivity index (χ3n) is 3.16. The van der Waals surface area contributed by atoms with Crippen molar-refractivity contribution in [3.8, 4) is 0 Å². The maximum atomic E-state index is 13.1. The number of hydrogen-bond donors (Lipinski definition) is 2. The minimum absolute atomic E-state index is 0.0165. The fourth-order valence-electron chi connectivity index (χ4n) is 1.87. The highest BCUT2D eigenvalue weighted by Crippen LogP contribution is 2.14. The van der Waals surface area contributed by atoms with Gasteiger partial charge in [0.15, 0.2) is 6.10 Å². The quantitative estimate of drug-likeness (QED) is 0.781. The van der Waals surface area contributed by atoms with E-state index in [0.29, 0.717) is 5.69 Å². The van der Waals surface area contributed by atoms with Gasteiger partial charge in [-0.2, -0.15) is 0 Å². The molecule has 0 aliphatic heterocycles. The van der Waals surface area contributed by atoms with Crippen LogP contribution in [0.25, 0.3) is 0 Å². The number of hydrogen-bond acceptors (Lipinski definition) is 5. The van der Waals surface area contributed by atoms with Gasteiger partial charge in [0.25, 0.3) is 5.91 Å². The molecule has 7 nitrogen and oxygen atoms in total. The summed E-state index contributed by atoms with van der Waals surface area (Å²) in [4.78, 5) is 23.8. The molecule has 0 aliphatic rings. The summed E-state index contributed by atoms with van der Waals surface area (Å²) in [6, 6.07) is 10.0. The zero-order valence-electron chi connectivity index (χ0n) is 13.1. The van der Waals surface area contributed by atoms with Gasteiger partial charge in [0.1, 0.15) is 5.82 Å². The van der Waals surface area contributed by atoms with E-state index in [1.165, 1.54) is 49.4 Å². The SMILES string of the molecule is C[C@@H](OC(=O)c1cccc(F)c1)C(=O)Nc1ccc(S(N)(=O)=O)cc1. The number of rotatable bonds is 5. The standard InChI is InChI=1S/C16H15FN2O5S/c1-10(24-16(21)11-3-2-4-12(17)9-11)15(20)19-13-5-7-14(8-6-13)25(18,22)23/h2-10H,1H3,(H,19,20)(H2,18,22,23)/t10-/m1/s1. The molecule has 0 saturated heterocycles. The van der Waals surface area contributed by atoms with E-state index >= 15 is 0 Å². The monoisotopic (exact) mass is 366 g/mol. The summed E-state index contributed by atoms with van der Waals surface area (Å²) in [7, 11) is -3.83. The Balaban J connectivity index is 1.99. The molecule has 2 aromatic rings. The summed E-state index contributed by atoms with van der Waals surface area (Å²) < 4.78 is 40.4. The summed E-state index contributed by atoms with van der Waals surface area (Å²) >= 11 is 0. The predicted octanol–water partition coefficient (Wildman–Crippen LogP) is 1.66. The van der Waals surface area contributed by atoms with Gasteiger partial charge in [0.05, 0.1) is 10.5 Å². The zero-order chi connectivity index (χ0) is 18.6. The van der Waals surface area contributed by atoms with Gasteiger partial charge in [0.2, 0.25) is 10.0 Å². The smallest absolute Gasteiger partial charge is 0.339 e. The maximum absolute atomic E-state index is 13.1. The van der Waals surface area contributed by atoms with Gasteiger partial charge in [-0.05, 0) is 49.4 Å². The van der Waals surface area contributed by atoms with Crippen LogP contribution in [0.5, 0.6) is 0 Å². The first-order valence-electron chi connectivity index (χ1n) is 7.07. The van der Waals surface area contributed by atoms with Crippen LogP contribution in [0.15, 0.2) is 53.4 Å². The highest BCUT2D eigenvalue weighted by Gasteiger charge is 2.19. The molecule has 0 aromatic heterocycles. The Morgan fingerprint density at radius 1 is 1.16 bits per heavy atom. The van der Waals surface area contributed by atoms with Crippen molar-refractivity contribution in [2.24, 2.45) is 5.14 Å². The number of nitrogens with two attached hydrogens (primary N) is 1. The number of halogens is 1. The second-order valence-corrected chi connectivity index (χ2v) is 6.68. The fourth-order valence-corrected chi connectivity index (χ4v) is 2.38. The number of amides is 1. The lowest BCUT2D eigenvalue weighted by Gasteiger charge is -2.13. The lowest BCUT2D eigenvalue weighted by atomic mass is 10.2. The van der Waals surface area contributed by atoms with E-state index in [9.17, 15) is 22.4 Å². The van der Waals surface area contributed by atoms with E-state index in [2.05, 4.69) is 5.32 Å². The molecule has 2 rings (SSSR count). The number of nitrogens with one attached hydrogen (secondary N) is 1. The first kappa shape index (κ1) is 18.6. The van der Waals surface area contributed by atoms with Gasteiger partial charge in [0, 0.05) is 5.69 Å². The Kier molecular flexibility index (Phi) is 5.50. The molecule has 0 heterocycles. The van der Waals surface area contributed by atoms with Crippen LogP contribution >= 0.6 is 0 Å². The predicted molar refractivity (Wildman–Crippen MR) is 87.7 cm³/mol. The van der Waals surface area contributed by atoms with Gasteiger partial charge in [-0.1, -0.05) is 6.07 Å². The van der Waals surface area contributed by atoms with Crippen molar-refractivity contribution in [1.29, 1.82) is 0 Å². The van der Waals surface area contributed by atoms with E-state index in [1.54, 1.807) is 0 Å². The van der Waals surface area contributed by atoms with E-state index < -0.39 is 33.8 Å². The van der Waals surface area contributed by atoms with Crippen LogP contribution < -0.4 is 10.5 Å². The second-order valence-electron chi connectivity index (χ2n) is 5.12. The van der Waals surface area contributed by atoms with Crippen LogP contribution in [0.4, 0.5) is 10.1 Å². The highest BCUT2D eigenvalue weighted by atomic mass is 32.2. The largest absolute Gasteiger partial charge is 0.449 e. The van der Waals surface area contributed by atoms with Gasteiger partial charge < -0.3 is 10.1 Å². The Labute approximate surface area is 143 Å². The Bertz CT molecular complexity index is 897. The molecule has 3 N–H and O–H groups in total. The summed E-state index contributed by atoms with van der Waals surface area (Å²) in [5, 5.41) is 7.44. The number of primary sulfonamides is 1. The Hall–Kier alpha value is -2.78. The first-order valence-corrected chi connectivity index (χ1v) is 8.62. The van der Waals surface area contributed by atoms with Crippen LogP contribution in [0.1, 0.15) is 17.3 Å². The summed E-state index contributed by atoms with van der Waals surface area (Å²) in [6.07, 6.45) is -1.14. The van der Waals surface area contributed by atoms with E-state index in [0.717, 1.165) is 6.07 Å². The number of carbonyl (C=O) groups is 2. The maximum Gasteiger partial charge on any atom is 0.339 e. The van der Waals surface area contributed by atoms with Gasteiger partial charge in [-0.15, -0.1) is 0 Å². The average molecular weight is 366 g/mol. The highest BCUT2D eigenvalue weighted by molar-refractivity contribution is 7.89. The second kappa shape index (κ2) is 7.41. The number of esters is 1. The third kappa shape index (κ3) is 5.10. The molecule has 0 radical (unpaired) electrons.